The number of hydrogen-bond donors (Lipinski definition) is 3. The van der Waals surface area contributed by atoms with E-state index in [1.165, 1.54) is 372 Å². The van der Waals surface area contributed by atoms with Crippen molar-refractivity contribution in [2.75, 3.05) is 13.2 Å². The molecule has 0 aliphatic rings. The Morgan fingerprint density at radius 3 is 0.829 bits per heavy atom. The van der Waals surface area contributed by atoms with Gasteiger partial charge < -0.3 is 20.3 Å². The summed E-state index contributed by atoms with van der Waals surface area (Å²) in [6.45, 7) is 4.96. The van der Waals surface area contributed by atoms with Crippen LogP contribution in [0.15, 0.2) is 12.2 Å². The predicted molar refractivity (Wildman–Crippen MR) is 361 cm³/mol. The molecule has 0 aliphatic heterocycles. The second-order valence-electron chi connectivity index (χ2n) is 26.4. The monoisotopic (exact) mass is 1160 g/mol. The SMILES string of the molecule is CCCCCCCCCCCCCCCC/C=C/C(O)C(CO)NC(=O)CCCCCCCCCCCCCCCCCCCCCCCCCCCCCCCCOC(=O)CCCCCCCCCCCCCCCCCCCCC. The van der Waals surface area contributed by atoms with E-state index in [0.717, 1.165) is 38.5 Å². The molecular formula is C76H149NO5. The van der Waals surface area contributed by atoms with Crippen molar-refractivity contribution >= 4 is 11.9 Å². The third-order valence-electron chi connectivity index (χ3n) is 18.1. The molecule has 1 amide bonds. The maximum atomic E-state index is 12.5. The van der Waals surface area contributed by atoms with Crippen LogP contribution in [0.1, 0.15) is 438 Å². The number of carbonyl (C=O) groups excluding carboxylic acids is 2. The normalized spacial score (nSPS) is 12.5. The van der Waals surface area contributed by atoms with Gasteiger partial charge in [0.25, 0.3) is 0 Å². The lowest BCUT2D eigenvalue weighted by atomic mass is 10.0. The Morgan fingerprint density at radius 2 is 0.561 bits per heavy atom. The number of unbranched alkanes of at least 4 members (excludes halogenated alkanes) is 61. The molecule has 0 aromatic heterocycles. The second-order valence-corrected chi connectivity index (χ2v) is 26.4. The van der Waals surface area contributed by atoms with Crippen molar-refractivity contribution in [1.82, 2.24) is 5.32 Å². The third kappa shape index (κ3) is 67.7. The Kier molecular flexibility index (Phi) is 70.8. The van der Waals surface area contributed by atoms with Gasteiger partial charge in [0.05, 0.1) is 25.4 Å². The Morgan fingerprint density at radius 1 is 0.329 bits per heavy atom. The number of carbonyl (C=O) groups is 2. The van der Waals surface area contributed by atoms with E-state index in [9.17, 15) is 19.8 Å². The van der Waals surface area contributed by atoms with E-state index in [2.05, 4.69) is 19.2 Å². The number of aliphatic hydroxyl groups is 2. The average molecular weight is 1160 g/mol. The summed E-state index contributed by atoms with van der Waals surface area (Å²) in [7, 11) is 0. The van der Waals surface area contributed by atoms with Crippen LogP contribution in [0.5, 0.6) is 0 Å². The lowest BCUT2D eigenvalue weighted by molar-refractivity contribution is -0.143. The zero-order valence-corrected chi connectivity index (χ0v) is 56.0. The van der Waals surface area contributed by atoms with Crippen molar-refractivity contribution in [3.63, 3.8) is 0 Å². The maximum Gasteiger partial charge on any atom is 0.305 e. The van der Waals surface area contributed by atoms with Gasteiger partial charge in [0.15, 0.2) is 0 Å². The van der Waals surface area contributed by atoms with Crippen molar-refractivity contribution in [3.05, 3.63) is 12.2 Å². The van der Waals surface area contributed by atoms with E-state index >= 15 is 0 Å². The number of hydrogen-bond acceptors (Lipinski definition) is 5. The molecule has 2 unspecified atom stereocenters. The Bertz CT molecular complexity index is 1240. The quantitative estimate of drug-likeness (QED) is 0.0320. The van der Waals surface area contributed by atoms with Crippen LogP contribution in [0.3, 0.4) is 0 Å². The summed E-state index contributed by atoms with van der Waals surface area (Å²) < 4.78 is 5.52. The number of rotatable bonds is 72. The van der Waals surface area contributed by atoms with Crippen LogP contribution in [0, 0.1) is 0 Å². The van der Waals surface area contributed by atoms with Crippen LogP contribution < -0.4 is 5.32 Å². The summed E-state index contributed by atoms with van der Waals surface area (Å²) in [5, 5.41) is 23.2. The van der Waals surface area contributed by atoms with Crippen molar-refractivity contribution in [1.29, 1.82) is 0 Å². The lowest BCUT2D eigenvalue weighted by Gasteiger charge is -2.20. The van der Waals surface area contributed by atoms with Gasteiger partial charge in [-0.15, -0.1) is 0 Å². The van der Waals surface area contributed by atoms with Gasteiger partial charge in [-0.2, -0.15) is 0 Å². The highest BCUT2D eigenvalue weighted by molar-refractivity contribution is 5.76. The Hall–Kier alpha value is -1.40. The zero-order chi connectivity index (χ0) is 59.2. The summed E-state index contributed by atoms with van der Waals surface area (Å²) in [6.07, 6.45) is 90.3. The largest absolute Gasteiger partial charge is 0.466 e. The Labute approximate surface area is 514 Å². The fraction of sp³-hybridized carbons (Fsp3) is 0.947. The van der Waals surface area contributed by atoms with Crippen molar-refractivity contribution in [2.24, 2.45) is 0 Å². The van der Waals surface area contributed by atoms with Gasteiger partial charge in [0.2, 0.25) is 5.91 Å². The van der Waals surface area contributed by atoms with E-state index in [0.29, 0.717) is 19.4 Å². The molecule has 0 spiro atoms. The number of ether oxygens (including phenoxy) is 1. The van der Waals surface area contributed by atoms with Gasteiger partial charge in [-0.25, -0.2) is 0 Å². The van der Waals surface area contributed by atoms with Crippen LogP contribution in [-0.4, -0.2) is 47.4 Å². The first-order valence-electron chi connectivity index (χ1n) is 38.0. The summed E-state index contributed by atoms with van der Waals surface area (Å²) in [5.41, 5.74) is 0. The lowest BCUT2D eigenvalue weighted by Crippen LogP contribution is -2.45. The highest BCUT2D eigenvalue weighted by atomic mass is 16.5. The first-order valence-corrected chi connectivity index (χ1v) is 38.0. The van der Waals surface area contributed by atoms with Crippen LogP contribution in [0.4, 0.5) is 0 Å². The second kappa shape index (κ2) is 72.1. The average Bonchev–Trinajstić information content (AvgIpc) is 3.48. The molecule has 3 N–H and O–H groups in total. The fourth-order valence-electron chi connectivity index (χ4n) is 12.3. The fourth-order valence-corrected chi connectivity index (χ4v) is 12.3. The van der Waals surface area contributed by atoms with Gasteiger partial charge in [-0.05, 0) is 32.1 Å². The van der Waals surface area contributed by atoms with E-state index in [-0.39, 0.29) is 18.5 Å². The topological polar surface area (TPSA) is 95.9 Å². The smallest absolute Gasteiger partial charge is 0.305 e. The minimum atomic E-state index is -0.841. The molecule has 0 saturated carbocycles. The molecule has 488 valence electrons. The first kappa shape index (κ1) is 80.6. The molecule has 82 heavy (non-hydrogen) atoms. The van der Waals surface area contributed by atoms with Crippen molar-refractivity contribution < 1.29 is 24.5 Å². The standard InChI is InChI=1S/C76H149NO5/c1-3-5-7-9-11-13-15-17-19-21-34-38-42-46-50-54-58-62-66-70-76(81)82-71-67-63-59-55-51-47-43-39-36-33-31-29-27-25-23-22-24-26-28-30-32-35-37-41-45-49-53-57-61-65-69-75(80)77-73(72-78)74(79)68-64-60-56-52-48-44-40-20-18-16-14-12-10-8-6-4-2/h64,68,73-74,78-79H,3-63,65-67,69-72H2,1-2H3,(H,77,80)/b68-64+. The van der Waals surface area contributed by atoms with E-state index < -0.39 is 12.1 Å². The van der Waals surface area contributed by atoms with Gasteiger partial charge in [0, 0.05) is 12.8 Å². The van der Waals surface area contributed by atoms with Gasteiger partial charge in [0.1, 0.15) is 0 Å². The summed E-state index contributed by atoms with van der Waals surface area (Å²) in [6, 6.07) is -0.624. The van der Waals surface area contributed by atoms with Gasteiger partial charge >= 0.3 is 5.97 Å². The summed E-state index contributed by atoms with van der Waals surface area (Å²) in [4.78, 5) is 24.6. The third-order valence-corrected chi connectivity index (χ3v) is 18.1. The molecule has 0 aromatic carbocycles. The molecule has 0 fully saturated rings. The minimum Gasteiger partial charge on any atom is -0.466 e. The molecule has 0 saturated heterocycles. The van der Waals surface area contributed by atoms with Crippen LogP contribution in [0.25, 0.3) is 0 Å². The number of nitrogens with one attached hydrogen (secondary N) is 1. The highest BCUT2D eigenvalue weighted by Crippen LogP contribution is 2.20. The molecule has 0 bridgehead atoms. The molecule has 6 nitrogen and oxygen atoms in total. The minimum absolute atomic E-state index is 0.0258. The maximum absolute atomic E-state index is 12.5. The molecule has 6 heteroatoms. The predicted octanol–water partition coefficient (Wildman–Crippen LogP) is 24.7. The van der Waals surface area contributed by atoms with Crippen molar-refractivity contribution in [3.8, 4) is 0 Å². The molecule has 0 radical (unpaired) electrons. The van der Waals surface area contributed by atoms with Crippen LogP contribution in [0.2, 0.25) is 0 Å². The van der Waals surface area contributed by atoms with E-state index in [4.69, 9.17) is 4.74 Å². The summed E-state index contributed by atoms with van der Waals surface area (Å²) in [5.74, 6) is -0.0347. The molecule has 2 atom stereocenters. The molecule has 0 aromatic rings. The number of allylic oxidation sites excluding steroid dienone is 1. The van der Waals surface area contributed by atoms with Crippen molar-refractivity contribution in [2.45, 2.75) is 450 Å². The molecule has 0 rings (SSSR count). The first-order chi connectivity index (χ1) is 40.5. The van der Waals surface area contributed by atoms with E-state index in [1.54, 1.807) is 6.08 Å². The molecular weight excluding hydrogens is 1010 g/mol. The zero-order valence-electron chi connectivity index (χ0n) is 56.0. The highest BCUT2D eigenvalue weighted by Gasteiger charge is 2.18. The number of esters is 1. The van der Waals surface area contributed by atoms with E-state index in [1.807, 2.05) is 6.08 Å². The Balaban J connectivity index is 3.32. The van der Waals surface area contributed by atoms with Crippen LogP contribution in [-0.2, 0) is 14.3 Å². The van der Waals surface area contributed by atoms with Gasteiger partial charge in [-0.1, -0.05) is 405 Å². The number of aliphatic hydroxyl groups excluding tert-OH is 2. The number of amides is 1. The molecule has 0 aliphatic carbocycles. The van der Waals surface area contributed by atoms with Crippen LogP contribution >= 0.6 is 0 Å². The summed E-state index contributed by atoms with van der Waals surface area (Å²) >= 11 is 0. The van der Waals surface area contributed by atoms with Gasteiger partial charge in [-0.3, -0.25) is 9.59 Å². The molecule has 0 heterocycles.